The van der Waals surface area contributed by atoms with Gasteiger partial charge in [0.2, 0.25) is 0 Å². The topological polar surface area (TPSA) is 62.3 Å². The number of carbonyl (C=O) groups excluding carboxylic acids is 2. The molecule has 1 heterocycles. The van der Waals surface area contributed by atoms with Crippen LogP contribution in [0.2, 0.25) is 0 Å². The lowest BCUT2D eigenvalue weighted by molar-refractivity contribution is 0.0827. The number of thiazole rings is 1. The van der Waals surface area contributed by atoms with Crippen LogP contribution in [0, 0.1) is 13.8 Å². The molecule has 1 N–H and O–H groups in total. The van der Waals surface area contributed by atoms with Crippen molar-refractivity contribution in [1.82, 2.24) is 15.2 Å². The number of hydrogen-bond donors (Lipinski definition) is 1. The summed E-state index contributed by atoms with van der Waals surface area (Å²) in [6.07, 6.45) is 0. The summed E-state index contributed by atoms with van der Waals surface area (Å²) in [4.78, 5) is 30.4. The van der Waals surface area contributed by atoms with Crippen molar-refractivity contribution in [1.29, 1.82) is 0 Å². The maximum Gasteiger partial charge on any atom is 0.271 e. The minimum atomic E-state index is -0.208. The molecule has 3 aromatic rings. The van der Waals surface area contributed by atoms with Crippen LogP contribution in [0.5, 0.6) is 0 Å². The predicted octanol–water partition coefficient (Wildman–Crippen LogP) is 4.06. The molecule has 0 radical (unpaired) electrons. The van der Waals surface area contributed by atoms with E-state index in [0.29, 0.717) is 17.8 Å². The largest absolute Gasteiger partial charge is 0.347 e. The fourth-order valence-corrected chi connectivity index (χ4v) is 3.74. The zero-order valence-corrected chi connectivity index (χ0v) is 17.3. The van der Waals surface area contributed by atoms with Crippen LogP contribution in [0.3, 0.4) is 0 Å². The summed E-state index contributed by atoms with van der Waals surface area (Å²) >= 11 is 1.47. The van der Waals surface area contributed by atoms with E-state index in [1.165, 1.54) is 21.8 Å². The Hall–Kier alpha value is -2.99. The smallest absolute Gasteiger partial charge is 0.271 e. The van der Waals surface area contributed by atoms with Crippen LogP contribution in [0.25, 0.3) is 10.6 Å². The Morgan fingerprint density at radius 3 is 2.43 bits per heavy atom. The van der Waals surface area contributed by atoms with Crippen molar-refractivity contribution in [2.45, 2.75) is 20.4 Å². The highest BCUT2D eigenvalue weighted by atomic mass is 32.1. The van der Waals surface area contributed by atoms with Gasteiger partial charge in [0, 0.05) is 37.1 Å². The van der Waals surface area contributed by atoms with E-state index in [1.807, 2.05) is 31.2 Å². The number of aryl methyl sites for hydroxylation is 2. The number of nitrogens with one attached hydrogen (secondary N) is 1. The third-order valence-corrected chi connectivity index (χ3v) is 5.28. The normalized spacial score (nSPS) is 10.6. The summed E-state index contributed by atoms with van der Waals surface area (Å²) in [5.74, 6) is -0.252. The molecule has 0 aliphatic carbocycles. The highest BCUT2D eigenvalue weighted by molar-refractivity contribution is 7.13. The molecule has 0 aliphatic rings. The zero-order chi connectivity index (χ0) is 20.3. The van der Waals surface area contributed by atoms with Gasteiger partial charge in [-0.2, -0.15) is 0 Å². The number of carbonyl (C=O) groups is 2. The maximum atomic E-state index is 12.4. The van der Waals surface area contributed by atoms with Gasteiger partial charge in [-0.1, -0.05) is 35.9 Å². The fraction of sp³-hybridized carbons (Fsp3) is 0.227. The molecule has 2 amide bonds. The van der Waals surface area contributed by atoms with Gasteiger partial charge in [-0.05, 0) is 37.1 Å². The molecule has 0 aliphatic heterocycles. The Morgan fingerprint density at radius 2 is 1.79 bits per heavy atom. The number of amides is 2. The van der Waals surface area contributed by atoms with Crippen LogP contribution in [0.1, 0.15) is 37.5 Å². The number of rotatable bonds is 5. The first-order valence-corrected chi connectivity index (χ1v) is 9.85. The number of nitrogens with zero attached hydrogens (tertiary/aromatic N) is 2. The molecule has 0 fully saturated rings. The van der Waals surface area contributed by atoms with Crippen molar-refractivity contribution in [3.05, 3.63) is 75.8 Å². The highest BCUT2D eigenvalue weighted by Crippen LogP contribution is 2.27. The predicted molar refractivity (Wildman–Crippen MR) is 113 cm³/mol. The summed E-state index contributed by atoms with van der Waals surface area (Å²) in [6.45, 7) is 4.49. The zero-order valence-electron chi connectivity index (χ0n) is 16.4. The van der Waals surface area contributed by atoms with E-state index in [0.717, 1.165) is 21.7 Å². The summed E-state index contributed by atoms with van der Waals surface area (Å²) < 4.78 is 0. The molecule has 1 aromatic heterocycles. The molecule has 6 heteroatoms. The summed E-state index contributed by atoms with van der Waals surface area (Å²) in [6, 6.07) is 13.4. The number of hydrogen-bond acceptors (Lipinski definition) is 4. The molecule has 0 saturated carbocycles. The van der Waals surface area contributed by atoms with Gasteiger partial charge >= 0.3 is 0 Å². The van der Waals surface area contributed by atoms with Crippen LogP contribution in [-0.4, -0.2) is 35.8 Å². The van der Waals surface area contributed by atoms with Gasteiger partial charge in [-0.25, -0.2) is 4.98 Å². The molecule has 0 saturated heterocycles. The van der Waals surface area contributed by atoms with Crippen molar-refractivity contribution in [3.63, 3.8) is 0 Å². The van der Waals surface area contributed by atoms with Gasteiger partial charge in [0.25, 0.3) is 11.8 Å². The minimum absolute atomic E-state index is 0.0445. The maximum absolute atomic E-state index is 12.4. The third kappa shape index (κ3) is 4.46. The summed E-state index contributed by atoms with van der Waals surface area (Å²) in [5, 5.41) is 5.51. The van der Waals surface area contributed by atoms with Gasteiger partial charge in [-0.3, -0.25) is 9.59 Å². The molecule has 144 valence electrons. The van der Waals surface area contributed by atoms with Crippen molar-refractivity contribution < 1.29 is 9.59 Å². The van der Waals surface area contributed by atoms with E-state index in [9.17, 15) is 9.59 Å². The lowest BCUT2D eigenvalue weighted by Gasteiger charge is -2.10. The first kappa shape index (κ1) is 19.8. The second-order valence-electron chi connectivity index (χ2n) is 6.94. The van der Waals surface area contributed by atoms with E-state index in [1.54, 1.807) is 31.6 Å². The van der Waals surface area contributed by atoms with Crippen molar-refractivity contribution in [3.8, 4) is 10.6 Å². The van der Waals surface area contributed by atoms with Gasteiger partial charge in [0.1, 0.15) is 10.7 Å². The van der Waals surface area contributed by atoms with Crippen LogP contribution in [0.15, 0.2) is 47.8 Å². The van der Waals surface area contributed by atoms with Crippen molar-refractivity contribution in [2.24, 2.45) is 0 Å². The lowest BCUT2D eigenvalue weighted by Crippen LogP contribution is -2.23. The monoisotopic (exact) mass is 393 g/mol. The molecule has 0 spiro atoms. The molecule has 0 atom stereocenters. The van der Waals surface area contributed by atoms with Crippen LogP contribution in [-0.2, 0) is 6.54 Å². The van der Waals surface area contributed by atoms with E-state index in [4.69, 9.17) is 0 Å². The van der Waals surface area contributed by atoms with Gasteiger partial charge in [0.05, 0.1) is 0 Å². The van der Waals surface area contributed by atoms with E-state index in [-0.39, 0.29) is 11.8 Å². The average molecular weight is 394 g/mol. The van der Waals surface area contributed by atoms with Crippen LogP contribution < -0.4 is 5.32 Å². The molecule has 0 unspecified atom stereocenters. The lowest BCUT2D eigenvalue weighted by atomic mass is 10.1. The average Bonchev–Trinajstić information content (AvgIpc) is 3.15. The van der Waals surface area contributed by atoms with Crippen molar-refractivity contribution >= 4 is 23.2 Å². The Kier molecular flexibility index (Phi) is 5.90. The number of aromatic nitrogens is 1. The Labute approximate surface area is 169 Å². The first-order valence-electron chi connectivity index (χ1n) is 8.97. The van der Waals surface area contributed by atoms with E-state index < -0.39 is 0 Å². The Bertz CT molecular complexity index is 1010. The second kappa shape index (κ2) is 8.35. The van der Waals surface area contributed by atoms with E-state index in [2.05, 4.69) is 23.3 Å². The SMILES string of the molecule is Cc1ccc(-c2nc(C(=O)NCc3ccc(C(=O)N(C)C)cc3)cs2)c(C)c1. The van der Waals surface area contributed by atoms with Crippen molar-refractivity contribution in [2.75, 3.05) is 14.1 Å². The quantitative estimate of drug-likeness (QED) is 0.711. The standard InChI is InChI=1S/C22H23N3O2S/c1-14-5-10-18(15(2)11-14)21-24-19(13-28-21)20(26)23-12-16-6-8-17(9-7-16)22(27)25(3)4/h5-11,13H,12H2,1-4H3,(H,23,26). The van der Waals surface area contributed by atoms with Gasteiger partial charge < -0.3 is 10.2 Å². The van der Waals surface area contributed by atoms with E-state index >= 15 is 0 Å². The van der Waals surface area contributed by atoms with Crippen LogP contribution in [0.4, 0.5) is 0 Å². The summed E-state index contributed by atoms with van der Waals surface area (Å²) in [5.41, 5.74) is 5.36. The second-order valence-corrected chi connectivity index (χ2v) is 7.79. The number of benzene rings is 2. The van der Waals surface area contributed by atoms with Gasteiger partial charge in [-0.15, -0.1) is 11.3 Å². The third-order valence-electron chi connectivity index (χ3n) is 4.41. The molecular weight excluding hydrogens is 370 g/mol. The molecule has 5 nitrogen and oxygen atoms in total. The van der Waals surface area contributed by atoms with Gasteiger partial charge in [0.15, 0.2) is 0 Å². The molecule has 2 aromatic carbocycles. The first-order chi connectivity index (χ1) is 13.3. The molecule has 3 rings (SSSR count). The Balaban J connectivity index is 1.64. The fourth-order valence-electron chi connectivity index (χ4n) is 2.85. The molecular formula is C22H23N3O2S. The minimum Gasteiger partial charge on any atom is -0.347 e. The Morgan fingerprint density at radius 1 is 1.07 bits per heavy atom. The summed E-state index contributed by atoms with van der Waals surface area (Å²) in [7, 11) is 3.44. The molecule has 28 heavy (non-hydrogen) atoms. The highest BCUT2D eigenvalue weighted by Gasteiger charge is 2.13. The molecule has 0 bridgehead atoms. The van der Waals surface area contributed by atoms with Crippen LogP contribution >= 0.6 is 11.3 Å².